The Kier molecular flexibility index (Phi) is 5.73. The smallest absolute Gasteiger partial charge is 0.338 e. The molecule has 0 radical (unpaired) electrons. The van der Waals surface area contributed by atoms with Gasteiger partial charge in [0.15, 0.2) is 6.61 Å². The van der Waals surface area contributed by atoms with Crippen molar-refractivity contribution in [1.29, 1.82) is 0 Å². The van der Waals surface area contributed by atoms with Crippen molar-refractivity contribution in [2.24, 2.45) is 0 Å². The van der Waals surface area contributed by atoms with Crippen LogP contribution in [0, 0.1) is 0 Å². The molecule has 2 rings (SSSR count). The third-order valence-corrected chi connectivity index (χ3v) is 3.01. The van der Waals surface area contributed by atoms with E-state index in [9.17, 15) is 14.4 Å². The van der Waals surface area contributed by atoms with E-state index in [2.05, 4.69) is 10.6 Å². The van der Waals surface area contributed by atoms with Crippen molar-refractivity contribution < 1.29 is 19.1 Å². The molecule has 2 aromatic rings. The summed E-state index contributed by atoms with van der Waals surface area (Å²) < 4.78 is 6.79. The minimum absolute atomic E-state index is 0.0980. The zero-order valence-corrected chi connectivity index (χ0v) is 13.5. The van der Waals surface area contributed by atoms with E-state index in [1.165, 1.54) is 0 Å². The zero-order valence-electron chi connectivity index (χ0n) is 13.5. The predicted octanol–water partition coefficient (Wildman–Crippen LogP) is 1.87. The van der Waals surface area contributed by atoms with Gasteiger partial charge in [-0.05, 0) is 50.2 Å². The number of amides is 3. The summed E-state index contributed by atoms with van der Waals surface area (Å²) in [4.78, 5) is 34.8. The Labute approximate surface area is 139 Å². The standard InChI is InChI=1S/C17H19N3O4/c1-12(2)18-17(23)19-15(21)11-24-16(22)13-5-7-14(8-6-13)20-9-3-4-10-20/h3-10,12H,11H2,1-2H3,(H2,18,19,21,23). The lowest BCUT2D eigenvalue weighted by molar-refractivity contribution is -0.123. The van der Waals surface area contributed by atoms with Gasteiger partial charge in [-0.3, -0.25) is 10.1 Å². The number of nitrogens with one attached hydrogen (secondary N) is 2. The van der Waals surface area contributed by atoms with Crippen LogP contribution in [-0.4, -0.2) is 35.1 Å². The van der Waals surface area contributed by atoms with Gasteiger partial charge in [0.25, 0.3) is 5.91 Å². The van der Waals surface area contributed by atoms with Gasteiger partial charge in [0, 0.05) is 24.1 Å². The van der Waals surface area contributed by atoms with Crippen molar-refractivity contribution in [3.63, 3.8) is 0 Å². The topological polar surface area (TPSA) is 89.4 Å². The molecule has 0 atom stereocenters. The Hall–Kier alpha value is -3.09. The number of ether oxygens (including phenoxy) is 1. The zero-order chi connectivity index (χ0) is 17.5. The van der Waals surface area contributed by atoms with Crippen LogP contribution in [0.2, 0.25) is 0 Å². The van der Waals surface area contributed by atoms with Crippen LogP contribution in [0.25, 0.3) is 5.69 Å². The molecular weight excluding hydrogens is 310 g/mol. The van der Waals surface area contributed by atoms with Crippen LogP contribution in [0.1, 0.15) is 24.2 Å². The molecule has 0 bridgehead atoms. The molecule has 7 nitrogen and oxygen atoms in total. The molecule has 1 aromatic heterocycles. The molecule has 1 heterocycles. The third-order valence-electron chi connectivity index (χ3n) is 3.01. The highest BCUT2D eigenvalue weighted by atomic mass is 16.5. The van der Waals surface area contributed by atoms with Gasteiger partial charge in [0.1, 0.15) is 0 Å². The summed E-state index contributed by atoms with van der Waals surface area (Å²) in [5.41, 5.74) is 1.23. The maximum Gasteiger partial charge on any atom is 0.338 e. The van der Waals surface area contributed by atoms with Gasteiger partial charge in [0.05, 0.1) is 5.56 Å². The van der Waals surface area contributed by atoms with Crippen LogP contribution in [0.4, 0.5) is 4.79 Å². The number of aromatic nitrogens is 1. The summed E-state index contributed by atoms with van der Waals surface area (Å²) in [6.07, 6.45) is 3.78. The van der Waals surface area contributed by atoms with Crippen LogP contribution < -0.4 is 10.6 Å². The third kappa shape index (κ3) is 4.98. The van der Waals surface area contributed by atoms with E-state index in [-0.39, 0.29) is 6.04 Å². The number of rotatable bonds is 5. The molecule has 2 N–H and O–H groups in total. The van der Waals surface area contributed by atoms with E-state index in [0.717, 1.165) is 5.69 Å². The second-order valence-corrected chi connectivity index (χ2v) is 5.39. The van der Waals surface area contributed by atoms with Crippen molar-refractivity contribution in [2.75, 3.05) is 6.61 Å². The van der Waals surface area contributed by atoms with E-state index in [1.54, 1.807) is 38.1 Å². The van der Waals surface area contributed by atoms with Gasteiger partial charge in [-0.15, -0.1) is 0 Å². The average molecular weight is 329 g/mol. The average Bonchev–Trinajstić information content (AvgIpc) is 3.06. The summed E-state index contributed by atoms with van der Waals surface area (Å²) in [5, 5.41) is 4.58. The lowest BCUT2D eigenvalue weighted by Gasteiger charge is -2.09. The number of carbonyl (C=O) groups excluding carboxylic acids is 3. The lowest BCUT2D eigenvalue weighted by atomic mass is 10.2. The normalized spacial score (nSPS) is 10.3. The monoisotopic (exact) mass is 329 g/mol. The number of imide groups is 1. The fraction of sp³-hybridized carbons (Fsp3) is 0.235. The van der Waals surface area contributed by atoms with Gasteiger partial charge in [-0.2, -0.15) is 0 Å². The Morgan fingerprint density at radius 2 is 1.71 bits per heavy atom. The van der Waals surface area contributed by atoms with E-state index >= 15 is 0 Å². The maximum atomic E-state index is 11.9. The van der Waals surface area contributed by atoms with Crippen LogP contribution >= 0.6 is 0 Å². The number of hydrogen-bond acceptors (Lipinski definition) is 4. The second kappa shape index (κ2) is 7.96. The highest BCUT2D eigenvalue weighted by Gasteiger charge is 2.13. The minimum atomic E-state index is -0.689. The molecule has 0 unspecified atom stereocenters. The first-order chi connectivity index (χ1) is 11.5. The van der Waals surface area contributed by atoms with Crippen molar-refractivity contribution in [1.82, 2.24) is 15.2 Å². The number of esters is 1. The number of benzene rings is 1. The number of urea groups is 1. The Balaban J connectivity index is 1.84. The molecule has 0 spiro atoms. The Morgan fingerprint density at radius 3 is 2.29 bits per heavy atom. The van der Waals surface area contributed by atoms with Crippen LogP contribution in [0.5, 0.6) is 0 Å². The summed E-state index contributed by atoms with van der Waals surface area (Å²) >= 11 is 0. The molecule has 126 valence electrons. The lowest BCUT2D eigenvalue weighted by Crippen LogP contribution is -2.44. The SMILES string of the molecule is CC(C)NC(=O)NC(=O)COC(=O)c1ccc(-n2cccc2)cc1. The van der Waals surface area contributed by atoms with E-state index in [1.807, 2.05) is 29.1 Å². The van der Waals surface area contributed by atoms with Gasteiger partial charge >= 0.3 is 12.0 Å². The Bertz CT molecular complexity index is 706. The molecule has 0 saturated carbocycles. The molecule has 0 aliphatic carbocycles. The van der Waals surface area contributed by atoms with Gasteiger partial charge in [0.2, 0.25) is 0 Å². The Morgan fingerprint density at radius 1 is 1.08 bits per heavy atom. The molecular formula is C17H19N3O4. The molecule has 3 amide bonds. The molecule has 1 aromatic carbocycles. The van der Waals surface area contributed by atoms with Crippen molar-refractivity contribution in [3.8, 4) is 5.69 Å². The quantitative estimate of drug-likeness (QED) is 0.820. The first kappa shape index (κ1) is 17.3. The van der Waals surface area contributed by atoms with Crippen molar-refractivity contribution in [3.05, 3.63) is 54.4 Å². The number of carbonyl (C=O) groups is 3. The van der Waals surface area contributed by atoms with Crippen LogP contribution in [0.3, 0.4) is 0 Å². The van der Waals surface area contributed by atoms with E-state index in [4.69, 9.17) is 4.74 Å². The first-order valence-electron chi connectivity index (χ1n) is 7.46. The number of nitrogens with zero attached hydrogens (tertiary/aromatic N) is 1. The van der Waals surface area contributed by atoms with Crippen LogP contribution in [0.15, 0.2) is 48.8 Å². The first-order valence-corrected chi connectivity index (χ1v) is 7.46. The molecule has 0 saturated heterocycles. The predicted molar refractivity (Wildman–Crippen MR) is 87.9 cm³/mol. The maximum absolute atomic E-state index is 11.9. The van der Waals surface area contributed by atoms with Gasteiger partial charge in [-0.1, -0.05) is 0 Å². The van der Waals surface area contributed by atoms with E-state index < -0.39 is 24.5 Å². The van der Waals surface area contributed by atoms with Gasteiger partial charge in [-0.25, -0.2) is 9.59 Å². The highest BCUT2D eigenvalue weighted by molar-refractivity contribution is 5.97. The van der Waals surface area contributed by atoms with Crippen molar-refractivity contribution in [2.45, 2.75) is 19.9 Å². The minimum Gasteiger partial charge on any atom is -0.452 e. The molecule has 0 aliphatic heterocycles. The molecule has 24 heavy (non-hydrogen) atoms. The van der Waals surface area contributed by atoms with Gasteiger partial charge < -0.3 is 14.6 Å². The summed E-state index contributed by atoms with van der Waals surface area (Å²) in [7, 11) is 0. The summed E-state index contributed by atoms with van der Waals surface area (Å²) in [5.74, 6) is -1.32. The number of hydrogen-bond donors (Lipinski definition) is 2. The molecule has 7 heteroatoms. The summed E-state index contributed by atoms with van der Waals surface area (Å²) in [6, 6.07) is 9.84. The highest BCUT2D eigenvalue weighted by Crippen LogP contribution is 2.10. The van der Waals surface area contributed by atoms with E-state index in [0.29, 0.717) is 5.56 Å². The summed E-state index contributed by atoms with van der Waals surface area (Å²) in [6.45, 7) is 3.01. The molecule has 0 aliphatic rings. The fourth-order valence-electron chi connectivity index (χ4n) is 1.95. The fourth-order valence-corrected chi connectivity index (χ4v) is 1.95. The van der Waals surface area contributed by atoms with Crippen LogP contribution in [-0.2, 0) is 9.53 Å². The van der Waals surface area contributed by atoms with Crippen molar-refractivity contribution >= 4 is 17.9 Å². The second-order valence-electron chi connectivity index (χ2n) is 5.39. The largest absolute Gasteiger partial charge is 0.452 e. The molecule has 0 fully saturated rings.